The monoisotopic (exact) mass is 433 g/mol. The lowest BCUT2D eigenvalue weighted by Gasteiger charge is -2.24. The molecule has 0 aliphatic carbocycles. The Balaban J connectivity index is 1.20. The molecule has 164 valence electrons. The van der Waals surface area contributed by atoms with Crippen LogP contribution in [-0.4, -0.2) is 17.7 Å². The number of para-hydroxylation sites is 2. The molecule has 0 bridgehead atoms. The third kappa shape index (κ3) is 5.34. The molecule has 3 aromatic rings. The molecule has 3 amide bonds. The summed E-state index contributed by atoms with van der Waals surface area (Å²) in [4.78, 5) is 36.6. The Labute approximate surface area is 184 Å². The van der Waals surface area contributed by atoms with Gasteiger partial charge in [-0.05, 0) is 48.7 Å². The number of carbonyl (C=O) groups excluding carboxylic acids is 3. The minimum Gasteiger partial charge on any atom is -0.486 e. The SMILES string of the molecule is O=C(CCC1Cc2ccccc2NC1=O)NNC(=O)c1ccc(COc2ccccc2)o1. The maximum Gasteiger partial charge on any atom is 0.305 e. The molecule has 2 aromatic carbocycles. The van der Waals surface area contributed by atoms with Crippen LogP contribution in [-0.2, 0) is 22.6 Å². The lowest BCUT2D eigenvalue weighted by Crippen LogP contribution is -2.42. The number of benzene rings is 2. The molecule has 1 atom stereocenters. The Hall–Kier alpha value is -4.07. The maximum absolute atomic E-state index is 12.2. The maximum atomic E-state index is 12.2. The molecule has 0 fully saturated rings. The van der Waals surface area contributed by atoms with Crippen LogP contribution in [0.1, 0.15) is 34.7 Å². The summed E-state index contributed by atoms with van der Waals surface area (Å²) in [5.41, 5.74) is 6.56. The van der Waals surface area contributed by atoms with E-state index in [1.54, 1.807) is 6.07 Å². The van der Waals surface area contributed by atoms with Crippen molar-refractivity contribution < 1.29 is 23.5 Å². The Kier molecular flexibility index (Phi) is 6.50. The molecule has 1 aromatic heterocycles. The number of rotatable bonds is 7. The smallest absolute Gasteiger partial charge is 0.305 e. The van der Waals surface area contributed by atoms with Gasteiger partial charge in [0.1, 0.15) is 18.1 Å². The molecule has 1 aliphatic rings. The number of carbonyl (C=O) groups is 3. The van der Waals surface area contributed by atoms with Crippen LogP contribution in [0.15, 0.2) is 71.1 Å². The molecular formula is C24H23N3O5. The summed E-state index contributed by atoms with van der Waals surface area (Å²) in [6.45, 7) is 0.177. The lowest BCUT2D eigenvalue weighted by atomic mass is 9.89. The predicted octanol–water partition coefficient (Wildman–Crippen LogP) is 3.21. The van der Waals surface area contributed by atoms with E-state index in [1.807, 2.05) is 54.6 Å². The van der Waals surface area contributed by atoms with Crippen molar-refractivity contribution in [2.24, 2.45) is 5.92 Å². The van der Waals surface area contributed by atoms with Gasteiger partial charge in [0.05, 0.1) is 0 Å². The van der Waals surface area contributed by atoms with E-state index in [0.717, 1.165) is 11.3 Å². The summed E-state index contributed by atoms with van der Waals surface area (Å²) in [6, 6.07) is 20.0. The zero-order valence-electron chi connectivity index (χ0n) is 17.3. The molecule has 0 saturated carbocycles. The van der Waals surface area contributed by atoms with Crippen molar-refractivity contribution in [3.8, 4) is 5.75 Å². The average molecular weight is 433 g/mol. The molecule has 0 spiro atoms. The van der Waals surface area contributed by atoms with Crippen LogP contribution >= 0.6 is 0 Å². The molecular weight excluding hydrogens is 410 g/mol. The van der Waals surface area contributed by atoms with E-state index < -0.39 is 5.91 Å². The number of hydrogen-bond acceptors (Lipinski definition) is 5. The van der Waals surface area contributed by atoms with Crippen LogP contribution in [0.5, 0.6) is 5.75 Å². The molecule has 3 N–H and O–H groups in total. The third-order valence-electron chi connectivity index (χ3n) is 5.16. The van der Waals surface area contributed by atoms with Crippen LogP contribution < -0.4 is 20.9 Å². The fourth-order valence-electron chi connectivity index (χ4n) is 3.45. The summed E-state index contributed by atoms with van der Waals surface area (Å²) < 4.78 is 11.0. The molecule has 0 radical (unpaired) electrons. The van der Waals surface area contributed by atoms with Gasteiger partial charge in [-0.1, -0.05) is 36.4 Å². The fraction of sp³-hybridized carbons (Fsp3) is 0.208. The van der Waals surface area contributed by atoms with Crippen molar-refractivity contribution >= 4 is 23.4 Å². The second kappa shape index (κ2) is 9.82. The van der Waals surface area contributed by atoms with Crippen LogP contribution in [0, 0.1) is 5.92 Å². The average Bonchev–Trinajstić information content (AvgIpc) is 3.30. The zero-order chi connectivity index (χ0) is 22.3. The Morgan fingerprint density at radius 2 is 1.78 bits per heavy atom. The number of nitrogens with one attached hydrogen (secondary N) is 3. The van der Waals surface area contributed by atoms with E-state index in [2.05, 4.69) is 16.2 Å². The molecule has 0 saturated heterocycles. The van der Waals surface area contributed by atoms with Crippen LogP contribution in [0.3, 0.4) is 0 Å². The van der Waals surface area contributed by atoms with Gasteiger partial charge in [0, 0.05) is 18.0 Å². The highest BCUT2D eigenvalue weighted by Gasteiger charge is 2.26. The topological polar surface area (TPSA) is 110 Å². The number of fused-ring (bicyclic) bond motifs is 1. The second-order valence-electron chi connectivity index (χ2n) is 7.46. The van der Waals surface area contributed by atoms with Crippen LogP contribution in [0.4, 0.5) is 5.69 Å². The van der Waals surface area contributed by atoms with E-state index in [9.17, 15) is 14.4 Å². The summed E-state index contributed by atoms with van der Waals surface area (Å²) in [5, 5.41) is 2.87. The molecule has 8 nitrogen and oxygen atoms in total. The standard InChI is InChI=1S/C24H23N3O5/c28-22(13-10-17-14-16-6-4-5-9-20(16)25-23(17)29)26-27-24(30)21-12-11-19(32-21)15-31-18-7-2-1-3-8-18/h1-9,11-12,17H,10,13-15H2,(H,25,29)(H,26,28)(H,27,30). The highest BCUT2D eigenvalue weighted by molar-refractivity contribution is 5.96. The molecule has 1 unspecified atom stereocenters. The van der Waals surface area contributed by atoms with Gasteiger partial charge in [-0.25, -0.2) is 0 Å². The number of furan rings is 1. The van der Waals surface area contributed by atoms with E-state index in [-0.39, 0.29) is 36.5 Å². The highest BCUT2D eigenvalue weighted by atomic mass is 16.5. The Morgan fingerprint density at radius 3 is 2.62 bits per heavy atom. The lowest BCUT2D eigenvalue weighted by molar-refractivity contribution is -0.123. The fourth-order valence-corrected chi connectivity index (χ4v) is 3.45. The second-order valence-corrected chi connectivity index (χ2v) is 7.46. The number of anilines is 1. The van der Waals surface area contributed by atoms with Crippen molar-refractivity contribution in [3.63, 3.8) is 0 Å². The van der Waals surface area contributed by atoms with E-state index in [1.165, 1.54) is 6.07 Å². The van der Waals surface area contributed by atoms with Gasteiger partial charge in [0.2, 0.25) is 11.8 Å². The first-order valence-corrected chi connectivity index (χ1v) is 10.3. The summed E-state index contributed by atoms with van der Waals surface area (Å²) in [7, 11) is 0. The highest BCUT2D eigenvalue weighted by Crippen LogP contribution is 2.27. The number of amides is 3. The molecule has 2 heterocycles. The van der Waals surface area contributed by atoms with E-state index >= 15 is 0 Å². The van der Waals surface area contributed by atoms with Crippen molar-refractivity contribution in [1.29, 1.82) is 0 Å². The Bertz CT molecular complexity index is 1110. The van der Waals surface area contributed by atoms with Gasteiger partial charge in [0.15, 0.2) is 5.76 Å². The largest absolute Gasteiger partial charge is 0.486 e. The van der Waals surface area contributed by atoms with Crippen molar-refractivity contribution in [1.82, 2.24) is 10.9 Å². The summed E-state index contributed by atoms with van der Waals surface area (Å²) in [6.07, 6.45) is 1.07. The summed E-state index contributed by atoms with van der Waals surface area (Å²) >= 11 is 0. The minimum atomic E-state index is -0.575. The first-order chi connectivity index (χ1) is 15.6. The number of hydrazine groups is 1. The van der Waals surface area contributed by atoms with Gasteiger partial charge in [-0.2, -0.15) is 0 Å². The van der Waals surface area contributed by atoms with Crippen LogP contribution in [0.2, 0.25) is 0 Å². The van der Waals surface area contributed by atoms with E-state index in [0.29, 0.717) is 24.4 Å². The number of ether oxygens (including phenoxy) is 1. The predicted molar refractivity (Wildman–Crippen MR) is 117 cm³/mol. The third-order valence-corrected chi connectivity index (χ3v) is 5.16. The first-order valence-electron chi connectivity index (χ1n) is 10.3. The van der Waals surface area contributed by atoms with Gasteiger partial charge in [-0.3, -0.25) is 25.2 Å². The normalized spacial score (nSPS) is 14.8. The summed E-state index contributed by atoms with van der Waals surface area (Å²) in [5.74, 6) is -0.116. The van der Waals surface area contributed by atoms with Crippen molar-refractivity contribution in [3.05, 3.63) is 83.8 Å². The van der Waals surface area contributed by atoms with Gasteiger partial charge >= 0.3 is 5.91 Å². The zero-order valence-corrected chi connectivity index (χ0v) is 17.3. The van der Waals surface area contributed by atoms with Crippen LogP contribution in [0.25, 0.3) is 0 Å². The van der Waals surface area contributed by atoms with Gasteiger partial charge in [0.25, 0.3) is 0 Å². The van der Waals surface area contributed by atoms with Gasteiger partial charge < -0.3 is 14.5 Å². The quantitative estimate of drug-likeness (QED) is 0.496. The van der Waals surface area contributed by atoms with Crippen molar-refractivity contribution in [2.45, 2.75) is 25.9 Å². The Morgan fingerprint density at radius 1 is 1.00 bits per heavy atom. The van der Waals surface area contributed by atoms with E-state index in [4.69, 9.17) is 9.15 Å². The van der Waals surface area contributed by atoms with Crippen molar-refractivity contribution in [2.75, 3.05) is 5.32 Å². The minimum absolute atomic E-state index is 0.0558. The van der Waals surface area contributed by atoms with Gasteiger partial charge in [-0.15, -0.1) is 0 Å². The molecule has 8 heteroatoms. The number of hydrogen-bond donors (Lipinski definition) is 3. The first kappa shape index (κ1) is 21.2. The molecule has 4 rings (SSSR count). The molecule has 1 aliphatic heterocycles. The molecule has 32 heavy (non-hydrogen) atoms.